The first-order chi connectivity index (χ1) is 17.9. The van der Waals surface area contributed by atoms with Gasteiger partial charge in [-0.05, 0) is 37.9 Å². The van der Waals surface area contributed by atoms with Crippen molar-refractivity contribution in [3.63, 3.8) is 0 Å². The van der Waals surface area contributed by atoms with Crippen LogP contribution in [-0.2, 0) is 0 Å². The number of carbonyl (C=O) groups is 1. The summed E-state index contributed by atoms with van der Waals surface area (Å²) in [6, 6.07) is 3.57. The molecule has 0 bridgehead atoms. The molecular weight excluding hydrogens is 551 g/mol. The van der Waals surface area contributed by atoms with E-state index in [1.807, 2.05) is 16.3 Å². The largest absolute Gasteiger partial charge is 0.393 e. The van der Waals surface area contributed by atoms with Gasteiger partial charge in [-0.1, -0.05) is 41.5 Å². The molecule has 3 aromatic heterocycles. The first kappa shape index (κ1) is 26.6. The Kier molecular flexibility index (Phi) is 8.53. The number of hydrogen-bond donors (Lipinski definition) is 2. The topological polar surface area (TPSA) is 84.8 Å². The van der Waals surface area contributed by atoms with Crippen molar-refractivity contribution in [2.24, 2.45) is 0 Å². The van der Waals surface area contributed by atoms with E-state index in [1.165, 1.54) is 11.3 Å². The molecule has 37 heavy (non-hydrogen) atoms. The third-order valence-electron chi connectivity index (χ3n) is 6.68. The molecular formula is C25H30Cl2N6O2S2. The van der Waals surface area contributed by atoms with Crippen LogP contribution in [0.1, 0.15) is 36.5 Å². The first-order valence-electron chi connectivity index (χ1n) is 12.5. The Morgan fingerprint density at radius 1 is 1.14 bits per heavy atom. The summed E-state index contributed by atoms with van der Waals surface area (Å²) < 4.78 is 0. The number of nitrogens with one attached hydrogen (secondary N) is 1. The number of piperazine rings is 1. The summed E-state index contributed by atoms with van der Waals surface area (Å²) in [5.41, 5.74) is 1.22. The van der Waals surface area contributed by atoms with Gasteiger partial charge in [0, 0.05) is 50.8 Å². The fraction of sp³-hybridized carbons (Fsp3) is 0.480. The lowest BCUT2D eigenvalue weighted by Crippen LogP contribution is -2.46. The molecule has 5 rings (SSSR count). The highest BCUT2D eigenvalue weighted by atomic mass is 35.5. The third kappa shape index (κ3) is 6.21. The number of halogens is 2. The Balaban J connectivity index is 1.33. The Morgan fingerprint density at radius 3 is 2.54 bits per heavy atom. The summed E-state index contributed by atoms with van der Waals surface area (Å²) in [6.45, 7) is 8.52. The van der Waals surface area contributed by atoms with Crippen molar-refractivity contribution in [2.45, 2.75) is 32.3 Å². The van der Waals surface area contributed by atoms with E-state index < -0.39 is 0 Å². The zero-order chi connectivity index (χ0) is 25.9. The van der Waals surface area contributed by atoms with E-state index in [4.69, 9.17) is 28.2 Å². The number of amides is 1. The molecule has 198 valence electrons. The van der Waals surface area contributed by atoms with Crippen LogP contribution < -0.4 is 15.1 Å². The Morgan fingerprint density at radius 2 is 1.89 bits per heavy atom. The van der Waals surface area contributed by atoms with Crippen LogP contribution in [0.2, 0.25) is 10.0 Å². The summed E-state index contributed by atoms with van der Waals surface area (Å²) in [5, 5.41) is 17.3. The minimum atomic E-state index is -0.307. The maximum absolute atomic E-state index is 13.1. The molecule has 0 atom stereocenters. The summed E-state index contributed by atoms with van der Waals surface area (Å²) in [6.07, 6.45) is 3.77. The standard InChI is InChI=1S/C25H30Cl2N6O2S2/c1-2-5-31-8-10-33(11-9-31)24-21(20-13-17(26)15-36-20)29-25(37-24)30-23(35)16-12-19(27)22(28-14-16)32-6-3-18(34)4-7-32/h12-15,18,34H,2-11H2,1H3,(H,29,30,35). The number of aromatic nitrogens is 2. The van der Waals surface area contributed by atoms with Gasteiger partial charge in [-0.3, -0.25) is 15.0 Å². The molecule has 8 nitrogen and oxygen atoms in total. The molecule has 2 fully saturated rings. The highest BCUT2D eigenvalue weighted by Crippen LogP contribution is 2.42. The van der Waals surface area contributed by atoms with Gasteiger partial charge in [0.15, 0.2) is 5.13 Å². The smallest absolute Gasteiger partial charge is 0.259 e. The molecule has 12 heteroatoms. The molecule has 2 aliphatic heterocycles. The Hall–Kier alpha value is -1.95. The molecule has 2 N–H and O–H groups in total. The lowest BCUT2D eigenvalue weighted by atomic mass is 10.1. The summed E-state index contributed by atoms with van der Waals surface area (Å²) in [5.74, 6) is 0.333. The van der Waals surface area contributed by atoms with Crippen LogP contribution in [0.4, 0.5) is 16.0 Å². The average molecular weight is 582 g/mol. The number of rotatable bonds is 7. The summed E-state index contributed by atoms with van der Waals surface area (Å²) >= 11 is 15.8. The number of hydrogen-bond acceptors (Lipinski definition) is 9. The van der Waals surface area contributed by atoms with Gasteiger partial charge in [0.1, 0.15) is 16.5 Å². The van der Waals surface area contributed by atoms with Gasteiger partial charge >= 0.3 is 0 Å². The van der Waals surface area contributed by atoms with Gasteiger partial charge in [-0.2, -0.15) is 0 Å². The number of aliphatic hydroxyl groups is 1. The molecule has 2 aliphatic rings. The average Bonchev–Trinajstić information content (AvgIpc) is 3.51. The maximum Gasteiger partial charge on any atom is 0.259 e. The predicted octanol–water partition coefficient (Wildman–Crippen LogP) is 5.32. The maximum atomic E-state index is 13.1. The van der Waals surface area contributed by atoms with E-state index in [1.54, 1.807) is 23.6 Å². The number of aliphatic hydroxyl groups excluding tert-OH is 1. The zero-order valence-electron chi connectivity index (χ0n) is 20.6. The van der Waals surface area contributed by atoms with Gasteiger partial charge < -0.3 is 14.9 Å². The van der Waals surface area contributed by atoms with Crippen molar-refractivity contribution in [2.75, 3.05) is 60.9 Å². The van der Waals surface area contributed by atoms with Crippen LogP contribution in [-0.4, -0.2) is 77.8 Å². The van der Waals surface area contributed by atoms with E-state index in [2.05, 4.69) is 27.0 Å². The highest BCUT2D eigenvalue weighted by molar-refractivity contribution is 7.21. The quantitative estimate of drug-likeness (QED) is 0.391. The fourth-order valence-corrected chi connectivity index (χ4v) is 7.15. The number of anilines is 3. The van der Waals surface area contributed by atoms with Crippen molar-refractivity contribution in [3.05, 3.63) is 39.3 Å². The normalized spacial score (nSPS) is 17.4. The highest BCUT2D eigenvalue weighted by Gasteiger charge is 2.25. The van der Waals surface area contributed by atoms with Crippen LogP contribution in [0.15, 0.2) is 23.7 Å². The number of piperidine rings is 1. The number of carbonyl (C=O) groups excluding carboxylic acids is 1. The van der Waals surface area contributed by atoms with Crippen LogP contribution >= 0.6 is 45.9 Å². The van der Waals surface area contributed by atoms with Gasteiger partial charge in [-0.25, -0.2) is 9.97 Å². The predicted molar refractivity (Wildman–Crippen MR) is 154 cm³/mol. The third-order valence-corrected chi connectivity index (χ3v) is 9.27. The summed E-state index contributed by atoms with van der Waals surface area (Å²) in [7, 11) is 0. The van der Waals surface area contributed by atoms with Gasteiger partial charge in [0.2, 0.25) is 0 Å². The van der Waals surface area contributed by atoms with Crippen LogP contribution in [0.3, 0.4) is 0 Å². The molecule has 1 amide bonds. The molecule has 3 aromatic rings. The van der Waals surface area contributed by atoms with Crippen molar-refractivity contribution in [1.82, 2.24) is 14.9 Å². The Labute approximate surface area is 234 Å². The molecule has 0 aromatic carbocycles. The second-order valence-corrected chi connectivity index (χ2v) is 12.1. The van der Waals surface area contributed by atoms with E-state index in [0.29, 0.717) is 52.5 Å². The fourth-order valence-electron chi connectivity index (χ4n) is 4.70. The molecule has 5 heterocycles. The number of nitrogens with zero attached hydrogens (tertiary/aromatic N) is 5. The van der Waals surface area contributed by atoms with Crippen molar-refractivity contribution in [3.8, 4) is 10.6 Å². The molecule has 0 unspecified atom stereocenters. The van der Waals surface area contributed by atoms with Gasteiger partial charge in [0.05, 0.1) is 26.6 Å². The van der Waals surface area contributed by atoms with Crippen LogP contribution in [0, 0.1) is 0 Å². The van der Waals surface area contributed by atoms with E-state index >= 15 is 0 Å². The number of thiazole rings is 1. The van der Waals surface area contributed by atoms with Crippen LogP contribution in [0.5, 0.6) is 0 Å². The minimum Gasteiger partial charge on any atom is -0.393 e. The van der Waals surface area contributed by atoms with E-state index in [0.717, 1.165) is 54.7 Å². The number of thiophene rings is 1. The molecule has 2 saturated heterocycles. The van der Waals surface area contributed by atoms with Crippen molar-refractivity contribution >= 4 is 67.7 Å². The molecule has 0 spiro atoms. The van der Waals surface area contributed by atoms with Gasteiger partial charge in [0.25, 0.3) is 5.91 Å². The molecule has 0 saturated carbocycles. The van der Waals surface area contributed by atoms with Crippen molar-refractivity contribution < 1.29 is 9.90 Å². The number of pyridine rings is 1. The minimum absolute atomic E-state index is 0.279. The van der Waals surface area contributed by atoms with Crippen LogP contribution in [0.25, 0.3) is 10.6 Å². The lowest BCUT2D eigenvalue weighted by Gasteiger charge is -2.35. The van der Waals surface area contributed by atoms with E-state index in [9.17, 15) is 9.90 Å². The monoisotopic (exact) mass is 580 g/mol. The lowest BCUT2D eigenvalue weighted by molar-refractivity contribution is 0.102. The molecule has 0 radical (unpaired) electrons. The SMILES string of the molecule is CCCN1CCN(c2sc(NC(=O)c3cnc(N4CCC(O)CC4)c(Cl)c3)nc2-c2cc(Cl)cs2)CC1. The zero-order valence-corrected chi connectivity index (χ0v) is 23.8. The summed E-state index contributed by atoms with van der Waals surface area (Å²) in [4.78, 5) is 30.3. The van der Waals surface area contributed by atoms with E-state index in [-0.39, 0.29) is 12.0 Å². The van der Waals surface area contributed by atoms with Gasteiger partial charge in [-0.15, -0.1) is 11.3 Å². The Bertz CT molecular complexity index is 1240. The second kappa shape index (κ2) is 11.8. The van der Waals surface area contributed by atoms with Crippen molar-refractivity contribution in [1.29, 1.82) is 0 Å². The molecule has 0 aliphatic carbocycles. The first-order valence-corrected chi connectivity index (χ1v) is 15.0. The second-order valence-electron chi connectivity index (χ2n) is 9.33.